The molecule has 0 bridgehead atoms. The van der Waals surface area contributed by atoms with Gasteiger partial charge < -0.3 is 20.7 Å². The number of thioether (sulfide) groups is 1. The van der Waals surface area contributed by atoms with Gasteiger partial charge in [0, 0.05) is 49.5 Å². The smallest absolute Gasteiger partial charge is 0.315 e. The second-order valence-corrected chi connectivity index (χ2v) is 13.2. The lowest BCUT2D eigenvalue weighted by atomic mass is 9.87. The van der Waals surface area contributed by atoms with Crippen molar-refractivity contribution < 1.29 is 19.1 Å². The van der Waals surface area contributed by atoms with E-state index in [1.165, 1.54) is 0 Å². The molecule has 0 spiro atoms. The molecule has 0 aliphatic carbocycles. The molecule has 0 saturated carbocycles. The highest BCUT2D eigenvalue weighted by Crippen LogP contribution is 2.33. The van der Waals surface area contributed by atoms with Gasteiger partial charge in [0.2, 0.25) is 5.91 Å². The van der Waals surface area contributed by atoms with E-state index < -0.39 is 0 Å². The van der Waals surface area contributed by atoms with Crippen molar-refractivity contribution in [2.24, 2.45) is 5.41 Å². The first kappa shape index (κ1) is 31.0. The molecule has 3 aliphatic heterocycles. The van der Waals surface area contributed by atoms with Gasteiger partial charge in [-0.2, -0.15) is 17.3 Å². The number of nitrogens with one attached hydrogen (secondary N) is 5. The van der Waals surface area contributed by atoms with Crippen LogP contribution in [0.4, 0.5) is 4.79 Å². The fourth-order valence-electron chi connectivity index (χ4n) is 5.12. The average Bonchev–Trinajstić information content (AvgIpc) is 3.57. The molecule has 3 aliphatic rings. The van der Waals surface area contributed by atoms with Crippen molar-refractivity contribution in [2.45, 2.75) is 115 Å². The number of hydrazine groups is 2. The monoisotopic (exact) mass is 554 g/mol. The number of hydrogen-bond acceptors (Lipinski definition) is 8. The summed E-state index contributed by atoms with van der Waals surface area (Å²) in [5.41, 5.74) is 6.83. The lowest BCUT2D eigenvalue weighted by Gasteiger charge is -2.25. The van der Waals surface area contributed by atoms with Crippen molar-refractivity contribution in [3.05, 3.63) is 0 Å². The van der Waals surface area contributed by atoms with Crippen LogP contribution < -0.4 is 26.9 Å². The topological polar surface area (TPSA) is 124 Å². The van der Waals surface area contributed by atoms with Gasteiger partial charge in [0.05, 0.1) is 18.7 Å². The first-order valence-corrected chi connectivity index (χ1v) is 15.6. The van der Waals surface area contributed by atoms with E-state index in [9.17, 15) is 14.4 Å². The SMILES string of the molecule is CC(C)(C)C1CN(CCCCCC(=O)OCCCCCNC(=O)CCCC[C@H]2SCC3NC(=O)N[C@@H]32)NN1. The van der Waals surface area contributed by atoms with Gasteiger partial charge in [-0.05, 0) is 50.4 Å². The minimum atomic E-state index is -0.106. The van der Waals surface area contributed by atoms with Gasteiger partial charge in [0.25, 0.3) is 0 Å². The maximum atomic E-state index is 12.1. The van der Waals surface area contributed by atoms with Crippen molar-refractivity contribution >= 4 is 29.7 Å². The van der Waals surface area contributed by atoms with E-state index in [4.69, 9.17) is 4.74 Å². The fraction of sp³-hybridized carbons (Fsp3) is 0.889. The minimum absolute atomic E-state index is 0.0488. The van der Waals surface area contributed by atoms with E-state index >= 15 is 0 Å². The number of rotatable bonds is 17. The summed E-state index contributed by atoms with van der Waals surface area (Å²) in [6.45, 7) is 9.83. The number of carbonyl (C=O) groups is 3. The molecule has 38 heavy (non-hydrogen) atoms. The summed E-state index contributed by atoms with van der Waals surface area (Å²) in [6.07, 6.45) is 9.54. The largest absolute Gasteiger partial charge is 0.466 e. The lowest BCUT2D eigenvalue weighted by molar-refractivity contribution is -0.143. The van der Waals surface area contributed by atoms with Gasteiger partial charge in [0.15, 0.2) is 0 Å². The van der Waals surface area contributed by atoms with Crippen LogP contribution in [-0.2, 0) is 14.3 Å². The Kier molecular flexibility index (Phi) is 12.9. The van der Waals surface area contributed by atoms with Crippen LogP contribution in [0.5, 0.6) is 0 Å². The van der Waals surface area contributed by atoms with Crippen LogP contribution in [0, 0.1) is 5.41 Å². The molecule has 2 unspecified atom stereocenters. The second kappa shape index (κ2) is 15.9. The molecule has 0 aromatic heterocycles. The zero-order valence-electron chi connectivity index (χ0n) is 23.6. The predicted molar refractivity (Wildman–Crippen MR) is 151 cm³/mol. The van der Waals surface area contributed by atoms with Gasteiger partial charge in [-0.25, -0.2) is 15.2 Å². The number of unbranched alkanes of at least 4 members (excludes halogenated alkanes) is 5. The highest BCUT2D eigenvalue weighted by atomic mass is 32.2. The average molecular weight is 555 g/mol. The third kappa shape index (κ3) is 10.9. The Morgan fingerprint density at radius 3 is 2.61 bits per heavy atom. The maximum absolute atomic E-state index is 12.1. The van der Waals surface area contributed by atoms with E-state index in [1.807, 2.05) is 11.8 Å². The van der Waals surface area contributed by atoms with E-state index in [0.29, 0.717) is 37.3 Å². The fourth-order valence-corrected chi connectivity index (χ4v) is 6.66. The molecule has 3 fully saturated rings. The Morgan fingerprint density at radius 1 is 1.03 bits per heavy atom. The van der Waals surface area contributed by atoms with Gasteiger partial charge in [-0.15, -0.1) is 0 Å². The van der Waals surface area contributed by atoms with Crippen molar-refractivity contribution in [2.75, 3.05) is 32.0 Å². The van der Waals surface area contributed by atoms with Gasteiger partial charge in [-0.3, -0.25) is 9.59 Å². The van der Waals surface area contributed by atoms with Crippen molar-refractivity contribution in [1.82, 2.24) is 31.9 Å². The summed E-state index contributed by atoms with van der Waals surface area (Å²) in [5.74, 6) is 0.974. The second-order valence-electron chi connectivity index (χ2n) is 11.9. The number of hydrogen-bond donors (Lipinski definition) is 5. The first-order valence-electron chi connectivity index (χ1n) is 14.6. The number of nitrogens with zero attached hydrogens (tertiary/aromatic N) is 1. The highest BCUT2D eigenvalue weighted by molar-refractivity contribution is 8.00. The standard InChI is InChI=1S/C27H50N6O4S/c1-27(2,3)22-18-33(32-31-22)16-10-4-6-14-24(35)37-17-11-5-9-15-28-23(34)13-8-7-12-21-25-20(19-38-21)29-26(36)30-25/h20-22,25,31-32H,4-19H2,1-3H3,(H,28,34)(H2,29,30,36)/t20?,21-,22?,25+/m1/s1. The van der Waals surface area contributed by atoms with E-state index in [-0.39, 0.29) is 35.4 Å². The first-order chi connectivity index (χ1) is 18.2. The Hall–Kier alpha value is -1.56. The Balaban J connectivity index is 1.06. The molecule has 5 N–H and O–H groups in total. The molecular weight excluding hydrogens is 504 g/mol. The highest BCUT2D eigenvalue weighted by Gasteiger charge is 2.42. The summed E-state index contributed by atoms with van der Waals surface area (Å²) in [4.78, 5) is 35.4. The summed E-state index contributed by atoms with van der Waals surface area (Å²) in [7, 11) is 0. The molecule has 3 amide bonds. The van der Waals surface area contributed by atoms with Gasteiger partial charge in [-0.1, -0.05) is 33.6 Å². The zero-order chi connectivity index (χ0) is 27.4. The lowest BCUT2D eigenvalue weighted by Crippen LogP contribution is -2.41. The third-order valence-electron chi connectivity index (χ3n) is 7.64. The molecule has 3 heterocycles. The molecule has 11 heteroatoms. The van der Waals surface area contributed by atoms with Crippen LogP contribution in [0.25, 0.3) is 0 Å². The third-order valence-corrected chi connectivity index (χ3v) is 9.15. The summed E-state index contributed by atoms with van der Waals surface area (Å²) in [6, 6.07) is 0.892. The quantitative estimate of drug-likeness (QED) is 0.106. The predicted octanol–water partition coefficient (Wildman–Crippen LogP) is 2.84. The van der Waals surface area contributed by atoms with Crippen LogP contribution in [0.1, 0.15) is 91.4 Å². The van der Waals surface area contributed by atoms with E-state index in [1.54, 1.807) is 0 Å². The van der Waals surface area contributed by atoms with Crippen LogP contribution >= 0.6 is 11.8 Å². The van der Waals surface area contributed by atoms with Crippen LogP contribution in [0.2, 0.25) is 0 Å². The van der Waals surface area contributed by atoms with Gasteiger partial charge in [0.1, 0.15) is 0 Å². The number of ether oxygens (including phenoxy) is 1. The number of carbonyl (C=O) groups excluding carboxylic acids is 3. The number of urea groups is 1. The molecule has 3 saturated heterocycles. The summed E-state index contributed by atoms with van der Waals surface area (Å²) in [5, 5.41) is 11.6. The van der Waals surface area contributed by atoms with E-state index in [2.05, 4.69) is 52.7 Å². The summed E-state index contributed by atoms with van der Waals surface area (Å²) >= 11 is 1.92. The molecule has 0 aromatic carbocycles. The van der Waals surface area contributed by atoms with Gasteiger partial charge >= 0.3 is 12.0 Å². The van der Waals surface area contributed by atoms with E-state index in [0.717, 1.165) is 76.6 Å². The van der Waals surface area contributed by atoms with Crippen molar-refractivity contribution in [3.8, 4) is 0 Å². The number of amides is 3. The number of esters is 1. The van der Waals surface area contributed by atoms with Crippen LogP contribution in [0.3, 0.4) is 0 Å². The molecule has 0 aromatic rings. The Morgan fingerprint density at radius 2 is 1.82 bits per heavy atom. The Bertz CT molecular complexity index is 764. The van der Waals surface area contributed by atoms with Crippen LogP contribution in [0.15, 0.2) is 0 Å². The molecule has 0 radical (unpaired) electrons. The van der Waals surface area contributed by atoms with Crippen molar-refractivity contribution in [3.63, 3.8) is 0 Å². The summed E-state index contributed by atoms with van der Waals surface area (Å²) < 4.78 is 5.35. The molecule has 4 atom stereocenters. The molecular formula is C27H50N6O4S. The van der Waals surface area contributed by atoms with Crippen LogP contribution in [-0.4, -0.2) is 78.3 Å². The molecule has 218 valence electrons. The minimum Gasteiger partial charge on any atom is -0.466 e. The van der Waals surface area contributed by atoms with Crippen molar-refractivity contribution in [1.29, 1.82) is 0 Å². The number of fused-ring (bicyclic) bond motifs is 1. The maximum Gasteiger partial charge on any atom is 0.315 e. The normalized spacial score (nSPS) is 25.2. The Labute approximate surface area is 232 Å². The zero-order valence-corrected chi connectivity index (χ0v) is 24.4. The molecule has 3 rings (SSSR count). The molecule has 10 nitrogen and oxygen atoms in total.